The summed E-state index contributed by atoms with van der Waals surface area (Å²) in [7, 11) is 0. The second-order valence-corrected chi connectivity index (χ2v) is 9.48. The highest BCUT2D eigenvalue weighted by atomic mass is 19.4. The van der Waals surface area contributed by atoms with Crippen LogP contribution in [0.5, 0.6) is 0 Å². The summed E-state index contributed by atoms with van der Waals surface area (Å²) in [5.41, 5.74) is 5.87. The van der Waals surface area contributed by atoms with Crippen molar-refractivity contribution in [3.05, 3.63) is 35.7 Å². The predicted octanol–water partition coefficient (Wildman–Crippen LogP) is 3.24. The Bertz CT molecular complexity index is 987. The SMILES string of the molecule is CC(C)CC1CC(C(=O)N2CCN(C(C)c3nc(-c4cccc(C(F)(F)F)c4)no3)CC2)NN1. The number of carbonyl (C=O) groups excluding carboxylic acids is 1. The van der Waals surface area contributed by atoms with Gasteiger partial charge in [-0.15, -0.1) is 0 Å². The number of hydrogen-bond donors (Lipinski definition) is 2. The molecule has 2 aliphatic rings. The van der Waals surface area contributed by atoms with Crippen LogP contribution in [-0.2, 0) is 11.0 Å². The van der Waals surface area contributed by atoms with E-state index >= 15 is 0 Å². The molecule has 0 aliphatic carbocycles. The number of nitrogens with one attached hydrogen (secondary N) is 2. The summed E-state index contributed by atoms with van der Waals surface area (Å²) in [5.74, 6) is 1.13. The first-order valence-electron chi connectivity index (χ1n) is 11.7. The number of amides is 1. The third-order valence-electron chi connectivity index (χ3n) is 6.46. The Labute approximate surface area is 196 Å². The third kappa shape index (κ3) is 5.59. The van der Waals surface area contributed by atoms with Gasteiger partial charge < -0.3 is 9.42 Å². The molecule has 1 aromatic heterocycles. The van der Waals surface area contributed by atoms with Gasteiger partial charge in [0.2, 0.25) is 17.6 Å². The predicted molar refractivity (Wildman–Crippen MR) is 119 cm³/mol. The molecular formula is C23H31F3N6O2. The number of aromatic nitrogens is 2. The number of piperazine rings is 1. The van der Waals surface area contributed by atoms with Gasteiger partial charge in [-0.05, 0) is 37.8 Å². The first-order valence-corrected chi connectivity index (χ1v) is 11.7. The maximum Gasteiger partial charge on any atom is 0.416 e. The summed E-state index contributed by atoms with van der Waals surface area (Å²) in [6.45, 7) is 8.72. The molecule has 0 saturated carbocycles. The van der Waals surface area contributed by atoms with Crippen molar-refractivity contribution in [2.75, 3.05) is 26.2 Å². The number of carbonyl (C=O) groups is 1. The zero-order chi connectivity index (χ0) is 24.5. The molecule has 3 atom stereocenters. The summed E-state index contributed by atoms with van der Waals surface area (Å²) in [6, 6.07) is 4.75. The monoisotopic (exact) mass is 480 g/mol. The minimum atomic E-state index is -4.44. The van der Waals surface area contributed by atoms with Crippen LogP contribution in [0.2, 0.25) is 0 Å². The van der Waals surface area contributed by atoms with Crippen molar-refractivity contribution in [1.29, 1.82) is 0 Å². The van der Waals surface area contributed by atoms with E-state index < -0.39 is 11.7 Å². The van der Waals surface area contributed by atoms with Crippen LogP contribution in [-0.4, -0.2) is 64.1 Å². The molecule has 3 heterocycles. The Balaban J connectivity index is 1.33. The molecule has 8 nitrogen and oxygen atoms in total. The fourth-order valence-corrected chi connectivity index (χ4v) is 4.57. The highest BCUT2D eigenvalue weighted by Gasteiger charge is 2.35. The van der Waals surface area contributed by atoms with E-state index in [4.69, 9.17) is 4.52 Å². The van der Waals surface area contributed by atoms with Gasteiger partial charge in [0, 0.05) is 37.8 Å². The van der Waals surface area contributed by atoms with Gasteiger partial charge in [-0.2, -0.15) is 18.2 Å². The number of halogens is 3. The first-order chi connectivity index (χ1) is 16.1. The number of alkyl halides is 3. The largest absolute Gasteiger partial charge is 0.416 e. The molecule has 0 radical (unpaired) electrons. The molecule has 3 unspecified atom stereocenters. The van der Waals surface area contributed by atoms with Crippen LogP contribution < -0.4 is 10.9 Å². The lowest BCUT2D eigenvalue weighted by molar-refractivity contribution is -0.137. The van der Waals surface area contributed by atoms with Crippen LogP contribution in [0, 0.1) is 5.92 Å². The van der Waals surface area contributed by atoms with E-state index in [1.54, 1.807) is 0 Å². The summed E-state index contributed by atoms with van der Waals surface area (Å²) < 4.78 is 44.4. The average Bonchev–Trinajstić information content (AvgIpc) is 3.47. The van der Waals surface area contributed by atoms with Crippen molar-refractivity contribution >= 4 is 5.91 Å². The minimum absolute atomic E-state index is 0.107. The lowest BCUT2D eigenvalue weighted by Crippen LogP contribution is -2.54. The molecule has 11 heteroatoms. The van der Waals surface area contributed by atoms with Crippen LogP contribution in [0.3, 0.4) is 0 Å². The van der Waals surface area contributed by atoms with Crippen LogP contribution in [0.15, 0.2) is 28.8 Å². The van der Waals surface area contributed by atoms with Gasteiger partial charge in [-0.1, -0.05) is 31.1 Å². The number of hydrazine groups is 1. The first kappa shape index (κ1) is 24.6. The molecule has 1 amide bonds. The lowest BCUT2D eigenvalue weighted by atomic mass is 9.99. The number of nitrogens with zero attached hydrogens (tertiary/aromatic N) is 4. The van der Waals surface area contributed by atoms with Gasteiger partial charge in [0.1, 0.15) is 6.04 Å². The second kappa shape index (κ2) is 10.0. The van der Waals surface area contributed by atoms with Crippen molar-refractivity contribution in [2.24, 2.45) is 5.92 Å². The Kier molecular flexibility index (Phi) is 7.25. The Hall–Kier alpha value is -2.50. The van der Waals surface area contributed by atoms with Crippen molar-refractivity contribution in [3.63, 3.8) is 0 Å². The lowest BCUT2D eigenvalue weighted by Gasteiger charge is -2.37. The summed E-state index contributed by atoms with van der Waals surface area (Å²) in [6.07, 6.45) is -2.63. The van der Waals surface area contributed by atoms with E-state index in [0.717, 1.165) is 25.0 Å². The summed E-state index contributed by atoms with van der Waals surface area (Å²) in [4.78, 5) is 21.3. The van der Waals surface area contributed by atoms with Crippen LogP contribution in [0.4, 0.5) is 13.2 Å². The normalized spacial score (nSPS) is 23.0. The van der Waals surface area contributed by atoms with Crippen LogP contribution in [0.1, 0.15) is 51.1 Å². The third-order valence-corrected chi connectivity index (χ3v) is 6.46. The molecule has 186 valence electrons. The molecule has 4 rings (SSSR count). The van der Waals surface area contributed by atoms with Gasteiger partial charge in [0.25, 0.3) is 0 Å². The minimum Gasteiger partial charge on any atom is -0.339 e. The van der Waals surface area contributed by atoms with E-state index in [1.165, 1.54) is 12.1 Å². The average molecular weight is 481 g/mol. The molecule has 0 bridgehead atoms. The number of benzene rings is 1. The zero-order valence-electron chi connectivity index (χ0n) is 19.6. The molecule has 2 saturated heterocycles. The number of rotatable bonds is 6. The molecule has 2 aliphatic heterocycles. The van der Waals surface area contributed by atoms with Crippen molar-refractivity contribution < 1.29 is 22.5 Å². The van der Waals surface area contributed by atoms with Gasteiger partial charge in [0.15, 0.2) is 0 Å². The summed E-state index contributed by atoms with van der Waals surface area (Å²) >= 11 is 0. The van der Waals surface area contributed by atoms with Crippen molar-refractivity contribution in [1.82, 2.24) is 30.8 Å². The molecule has 2 fully saturated rings. The van der Waals surface area contributed by atoms with Crippen molar-refractivity contribution in [2.45, 2.75) is 57.9 Å². The quantitative estimate of drug-likeness (QED) is 0.657. The molecule has 1 aromatic carbocycles. The molecule has 2 N–H and O–H groups in total. The van der Waals surface area contributed by atoms with Gasteiger partial charge in [-0.3, -0.25) is 15.1 Å². The maximum atomic E-state index is 13.0. The van der Waals surface area contributed by atoms with Crippen LogP contribution in [0.25, 0.3) is 11.4 Å². The second-order valence-electron chi connectivity index (χ2n) is 9.48. The fourth-order valence-electron chi connectivity index (χ4n) is 4.57. The molecule has 34 heavy (non-hydrogen) atoms. The van der Waals surface area contributed by atoms with E-state index in [0.29, 0.717) is 44.0 Å². The van der Waals surface area contributed by atoms with E-state index in [1.807, 2.05) is 11.8 Å². The fraction of sp³-hybridized carbons (Fsp3) is 0.609. The van der Waals surface area contributed by atoms with Gasteiger partial charge in [-0.25, -0.2) is 5.43 Å². The Morgan fingerprint density at radius 1 is 1.18 bits per heavy atom. The number of hydrogen-bond acceptors (Lipinski definition) is 7. The van der Waals surface area contributed by atoms with E-state index in [9.17, 15) is 18.0 Å². The Morgan fingerprint density at radius 3 is 2.59 bits per heavy atom. The molecule has 0 spiro atoms. The van der Waals surface area contributed by atoms with Gasteiger partial charge in [0.05, 0.1) is 11.6 Å². The van der Waals surface area contributed by atoms with Gasteiger partial charge >= 0.3 is 6.18 Å². The van der Waals surface area contributed by atoms with Crippen LogP contribution >= 0.6 is 0 Å². The zero-order valence-corrected chi connectivity index (χ0v) is 19.6. The smallest absolute Gasteiger partial charge is 0.339 e. The highest BCUT2D eigenvalue weighted by Crippen LogP contribution is 2.32. The van der Waals surface area contributed by atoms with E-state index in [2.05, 4.69) is 39.7 Å². The topological polar surface area (TPSA) is 86.5 Å². The summed E-state index contributed by atoms with van der Waals surface area (Å²) in [5, 5.41) is 3.89. The Morgan fingerprint density at radius 2 is 1.91 bits per heavy atom. The highest BCUT2D eigenvalue weighted by molar-refractivity contribution is 5.82. The van der Waals surface area contributed by atoms with Crippen molar-refractivity contribution in [3.8, 4) is 11.4 Å². The molecular weight excluding hydrogens is 449 g/mol. The standard InChI is InChI=1S/C23H31F3N6O2/c1-14(2)11-18-13-19(29-28-18)22(33)32-9-7-31(8-10-32)15(3)21-27-20(30-34-21)16-5-4-6-17(12-16)23(24,25)26/h4-6,12,14-15,18-19,28-29H,7-11,13H2,1-3H3. The maximum absolute atomic E-state index is 13.0. The molecule has 2 aromatic rings. The van der Waals surface area contributed by atoms with E-state index in [-0.39, 0.29) is 29.4 Å².